The Morgan fingerprint density at radius 2 is 1.68 bits per heavy atom. The van der Waals surface area contributed by atoms with Crippen molar-refractivity contribution in [3.8, 4) is 22.6 Å². The van der Waals surface area contributed by atoms with E-state index in [1.54, 1.807) is 43.1 Å². The van der Waals surface area contributed by atoms with Crippen molar-refractivity contribution in [1.29, 1.82) is 0 Å². The van der Waals surface area contributed by atoms with Crippen LogP contribution in [0.1, 0.15) is 47.2 Å². The molecule has 8 rings (SSSR count). The number of ether oxygens (including phenoxy) is 2. The van der Waals surface area contributed by atoms with Crippen LogP contribution in [0.3, 0.4) is 0 Å². The number of carbonyl (C=O) groups is 3. The van der Waals surface area contributed by atoms with Crippen LogP contribution < -0.4 is 25.2 Å². The molecule has 4 aromatic rings. The number of hydrogen-bond acceptors (Lipinski definition) is 9. The number of aryl methyl sites for hydroxylation is 1. The molecule has 6 heterocycles. The zero-order valence-corrected chi connectivity index (χ0v) is 28.5. The Morgan fingerprint density at radius 1 is 0.940 bits per heavy atom. The maximum atomic E-state index is 13.4. The standard InChI is InChI=1S/C38H40N6O6/c1-41-19-29(26-8-11-39-17-28(26)36(41)47)24-14-32(49-2)30(33(15-24)50-3)20-42-12-9-38(10-13-42)21-43(22-38)25-5-4-23-18-44(37(48)27(23)16-25)31-6-7-34(45)40-35(31)46/h4-5,8,11,14-17,19,31H,6-7,9-10,12-13,18,20-22H2,1-3H3,(H,40,45,46). The predicted octanol–water partition coefficient (Wildman–Crippen LogP) is 3.48. The molecular formula is C38H40N6O6. The van der Waals surface area contributed by atoms with E-state index in [9.17, 15) is 19.2 Å². The highest BCUT2D eigenvalue weighted by Crippen LogP contribution is 2.45. The topological polar surface area (TPSA) is 126 Å². The lowest BCUT2D eigenvalue weighted by molar-refractivity contribution is -0.136. The van der Waals surface area contributed by atoms with Crippen molar-refractivity contribution in [2.75, 3.05) is 45.3 Å². The van der Waals surface area contributed by atoms with E-state index in [2.05, 4.69) is 26.2 Å². The van der Waals surface area contributed by atoms with E-state index in [1.165, 1.54) is 0 Å². The monoisotopic (exact) mass is 676 g/mol. The lowest BCUT2D eigenvalue weighted by Gasteiger charge is -2.55. The van der Waals surface area contributed by atoms with Gasteiger partial charge in [0.2, 0.25) is 11.8 Å². The summed E-state index contributed by atoms with van der Waals surface area (Å²) in [5.74, 6) is 0.676. The number of methoxy groups -OCH3 is 2. The first kappa shape index (κ1) is 32.0. The molecule has 0 aliphatic carbocycles. The Morgan fingerprint density at radius 3 is 2.38 bits per heavy atom. The fraction of sp³-hybridized carbons (Fsp3) is 0.395. The Kier molecular flexibility index (Phi) is 7.86. The fourth-order valence-corrected chi connectivity index (χ4v) is 8.25. The lowest BCUT2D eigenvalue weighted by Crippen LogP contribution is -2.60. The molecule has 1 unspecified atom stereocenters. The Labute approximate surface area is 289 Å². The number of fused-ring (bicyclic) bond motifs is 2. The largest absolute Gasteiger partial charge is 0.496 e. The summed E-state index contributed by atoms with van der Waals surface area (Å²) in [7, 11) is 5.10. The number of carbonyl (C=O) groups excluding carboxylic acids is 3. The van der Waals surface area contributed by atoms with E-state index in [1.807, 2.05) is 36.5 Å². The molecule has 2 aromatic carbocycles. The number of nitrogens with zero attached hydrogens (tertiary/aromatic N) is 5. The molecule has 0 bridgehead atoms. The Bertz CT molecular complexity index is 2090. The maximum absolute atomic E-state index is 13.4. The van der Waals surface area contributed by atoms with E-state index < -0.39 is 6.04 Å². The van der Waals surface area contributed by atoms with Crippen molar-refractivity contribution in [2.24, 2.45) is 12.5 Å². The minimum Gasteiger partial charge on any atom is -0.496 e. The number of benzene rings is 2. The molecule has 258 valence electrons. The van der Waals surface area contributed by atoms with Gasteiger partial charge in [0.25, 0.3) is 11.5 Å². The Hall–Kier alpha value is -5.23. The van der Waals surface area contributed by atoms with Crippen LogP contribution in [0.4, 0.5) is 5.69 Å². The van der Waals surface area contributed by atoms with E-state index in [0.29, 0.717) is 30.5 Å². The summed E-state index contributed by atoms with van der Waals surface area (Å²) < 4.78 is 13.4. The number of anilines is 1. The minimum absolute atomic E-state index is 0.0920. The molecular weight excluding hydrogens is 636 g/mol. The van der Waals surface area contributed by atoms with Gasteiger partial charge < -0.3 is 23.8 Å². The highest BCUT2D eigenvalue weighted by Gasteiger charge is 2.46. The first-order valence-electron chi connectivity index (χ1n) is 17.1. The number of rotatable bonds is 7. The Balaban J connectivity index is 0.931. The van der Waals surface area contributed by atoms with Crippen LogP contribution in [0.15, 0.2) is 59.8 Å². The van der Waals surface area contributed by atoms with Crippen LogP contribution in [0, 0.1) is 5.41 Å². The van der Waals surface area contributed by atoms with Crippen molar-refractivity contribution in [2.45, 2.75) is 44.8 Å². The maximum Gasteiger partial charge on any atom is 0.259 e. The predicted molar refractivity (Wildman–Crippen MR) is 187 cm³/mol. The van der Waals surface area contributed by atoms with Crippen LogP contribution in [-0.2, 0) is 29.7 Å². The van der Waals surface area contributed by atoms with Crippen molar-refractivity contribution in [1.82, 2.24) is 24.7 Å². The molecule has 50 heavy (non-hydrogen) atoms. The minimum atomic E-state index is -0.607. The third-order valence-electron chi connectivity index (χ3n) is 11.1. The van der Waals surface area contributed by atoms with Crippen LogP contribution in [-0.4, -0.2) is 83.5 Å². The summed E-state index contributed by atoms with van der Waals surface area (Å²) in [6, 6.07) is 11.4. The number of amides is 3. The quantitative estimate of drug-likeness (QED) is 0.293. The first-order valence-corrected chi connectivity index (χ1v) is 17.1. The smallest absolute Gasteiger partial charge is 0.259 e. The molecule has 2 aromatic heterocycles. The van der Waals surface area contributed by atoms with Gasteiger partial charge in [-0.1, -0.05) is 6.07 Å². The molecule has 1 N–H and O–H groups in total. The lowest BCUT2D eigenvalue weighted by atomic mass is 9.71. The average Bonchev–Trinajstić information content (AvgIpc) is 3.44. The van der Waals surface area contributed by atoms with Crippen molar-refractivity contribution >= 4 is 34.2 Å². The molecule has 4 aliphatic rings. The van der Waals surface area contributed by atoms with E-state index in [0.717, 1.165) is 83.8 Å². The number of imide groups is 1. The van der Waals surface area contributed by atoms with Gasteiger partial charge >= 0.3 is 0 Å². The third-order valence-corrected chi connectivity index (χ3v) is 11.1. The molecule has 3 fully saturated rings. The summed E-state index contributed by atoms with van der Waals surface area (Å²) in [6.45, 7) is 4.86. The van der Waals surface area contributed by atoms with Crippen LogP contribution in [0.2, 0.25) is 0 Å². The van der Waals surface area contributed by atoms with Gasteiger partial charge in [-0.05, 0) is 79.2 Å². The second kappa shape index (κ2) is 12.3. The average molecular weight is 677 g/mol. The highest BCUT2D eigenvalue weighted by atomic mass is 16.5. The summed E-state index contributed by atoms with van der Waals surface area (Å²) >= 11 is 0. The number of hydrogen-bond donors (Lipinski definition) is 1. The van der Waals surface area contributed by atoms with E-state index in [4.69, 9.17) is 9.47 Å². The third kappa shape index (κ3) is 5.38. The van der Waals surface area contributed by atoms with Crippen molar-refractivity contribution < 1.29 is 23.9 Å². The summed E-state index contributed by atoms with van der Waals surface area (Å²) in [4.78, 5) is 60.7. The van der Waals surface area contributed by atoms with Gasteiger partial charge in [0.05, 0.1) is 25.2 Å². The van der Waals surface area contributed by atoms with Crippen LogP contribution in [0.25, 0.3) is 21.9 Å². The molecule has 1 spiro atoms. The van der Waals surface area contributed by atoms with E-state index in [-0.39, 0.29) is 35.1 Å². The summed E-state index contributed by atoms with van der Waals surface area (Å²) in [5, 5.41) is 3.76. The first-order chi connectivity index (χ1) is 24.2. The molecule has 1 atom stereocenters. The summed E-state index contributed by atoms with van der Waals surface area (Å²) in [5.41, 5.74) is 5.55. The zero-order valence-electron chi connectivity index (χ0n) is 28.5. The molecule has 0 radical (unpaired) electrons. The fourth-order valence-electron chi connectivity index (χ4n) is 8.25. The van der Waals surface area contributed by atoms with Crippen molar-refractivity contribution in [3.63, 3.8) is 0 Å². The molecule has 4 aliphatic heterocycles. The van der Waals surface area contributed by atoms with Gasteiger partial charge in [-0.3, -0.25) is 34.4 Å². The number of aromatic nitrogens is 2. The van der Waals surface area contributed by atoms with Gasteiger partial charge in [-0.2, -0.15) is 0 Å². The molecule has 3 amide bonds. The molecule has 3 saturated heterocycles. The van der Waals surface area contributed by atoms with Crippen LogP contribution >= 0.6 is 0 Å². The van der Waals surface area contributed by atoms with E-state index >= 15 is 0 Å². The molecule has 12 heteroatoms. The second-order valence-corrected chi connectivity index (χ2v) is 14.1. The number of piperidine rings is 2. The SMILES string of the molecule is COc1cc(-c2cn(C)c(=O)c3cnccc23)cc(OC)c1CN1CCC2(CC1)CN(c1ccc3c(c1)C(=O)N(C1CCC(=O)NC1=O)C3)C2. The van der Waals surface area contributed by atoms with Gasteiger partial charge in [-0.25, -0.2) is 0 Å². The number of likely N-dealkylation sites (tertiary alicyclic amines) is 1. The second-order valence-electron chi connectivity index (χ2n) is 14.1. The van der Waals surface area contributed by atoms with Crippen molar-refractivity contribution in [3.05, 3.63) is 82.0 Å². The van der Waals surface area contributed by atoms with Gasteiger partial charge in [0.1, 0.15) is 17.5 Å². The number of pyridine rings is 2. The van der Waals surface area contributed by atoms with Gasteiger partial charge in [0.15, 0.2) is 0 Å². The highest BCUT2D eigenvalue weighted by molar-refractivity contribution is 6.05. The molecule has 12 nitrogen and oxygen atoms in total. The summed E-state index contributed by atoms with van der Waals surface area (Å²) in [6.07, 6.45) is 7.90. The molecule has 0 saturated carbocycles. The van der Waals surface area contributed by atoms with Gasteiger partial charge in [0, 0.05) is 80.5 Å². The number of nitrogens with one attached hydrogen (secondary N) is 1. The van der Waals surface area contributed by atoms with Crippen LogP contribution in [0.5, 0.6) is 11.5 Å². The zero-order chi connectivity index (χ0) is 34.7. The van der Waals surface area contributed by atoms with Gasteiger partial charge in [-0.15, -0.1) is 0 Å². The normalized spacial score (nSPS) is 20.2.